The molecule has 3 heteroatoms. The first-order chi connectivity index (χ1) is 14.0. The summed E-state index contributed by atoms with van der Waals surface area (Å²) in [6.07, 6.45) is 21.9. The number of hydrogen-bond acceptors (Lipinski definition) is 2. The largest absolute Gasteiger partial charge is 0.353 e. The Balaban J connectivity index is 0.00000256. The van der Waals surface area contributed by atoms with Gasteiger partial charge in [-0.1, -0.05) is 58.6 Å². The molecule has 172 valence electrons. The Kier molecular flexibility index (Phi) is 7.76. The van der Waals surface area contributed by atoms with Crippen LogP contribution in [0.3, 0.4) is 0 Å². The highest BCUT2D eigenvalue weighted by Gasteiger charge is 2.37. The summed E-state index contributed by atoms with van der Waals surface area (Å²) in [4.78, 5) is 17.5. The maximum absolute atomic E-state index is 12.6. The number of carbonyl (C=O) groups is 1. The van der Waals surface area contributed by atoms with E-state index in [1.54, 1.807) is 0 Å². The van der Waals surface area contributed by atoms with E-state index in [-0.39, 0.29) is 23.0 Å². The third-order valence-corrected chi connectivity index (χ3v) is 7.69. The average Bonchev–Trinajstić information content (AvgIpc) is 3.22. The maximum atomic E-state index is 12.6. The van der Waals surface area contributed by atoms with Crippen LogP contribution in [0, 0.1) is 12.8 Å². The lowest BCUT2D eigenvalue weighted by atomic mass is 9.69. The van der Waals surface area contributed by atoms with Crippen molar-refractivity contribution in [3.63, 3.8) is 0 Å². The van der Waals surface area contributed by atoms with E-state index in [2.05, 4.69) is 37.5 Å². The average molecular weight is 417 g/mol. The minimum Gasteiger partial charge on any atom is -0.353 e. The summed E-state index contributed by atoms with van der Waals surface area (Å²) < 4.78 is 0. The molecule has 1 heterocycles. The Morgan fingerprint density at radius 3 is 2.87 bits per heavy atom. The van der Waals surface area contributed by atoms with Crippen LogP contribution in [0.1, 0.15) is 118 Å². The summed E-state index contributed by atoms with van der Waals surface area (Å²) in [5.74, 6) is 1.14. The van der Waals surface area contributed by atoms with Crippen LogP contribution >= 0.6 is 0 Å². The highest BCUT2D eigenvalue weighted by molar-refractivity contribution is 5.76. The van der Waals surface area contributed by atoms with Crippen molar-refractivity contribution < 1.29 is 9.07 Å². The van der Waals surface area contributed by atoms with E-state index in [4.69, 9.17) is 4.98 Å². The molecule has 1 aromatic rings. The van der Waals surface area contributed by atoms with E-state index in [9.17, 15) is 4.79 Å². The monoisotopic (exact) mass is 416 g/mol. The van der Waals surface area contributed by atoms with Crippen LogP contribution in [0.4, 0.5) is 0 Å². The van der Waals surface area contributed by atoms with Gasteiger partial charge in [0.25, 0.3) is 0 Å². The van der Waals surface area contributed by atoms with E-state index in [0.717, 1.165) is 50.9 Å². The quantitative estimate of drug-likeness (QED) is 0.525. The van der Waals surface area contributed by atoms with Gasteiger partial charge in [0.05, 0.1) is 5.69 Å². The molecule has 0 saturated heterocycles. The molecule has 0 aliphatic heterocycles. The molecular formula is C27H48N2O. The molecule has 1 amide bonds. The third kappa shape index (κ3) is 5.15. The number of nitrogens with zero attached hydrogens (tertiary/aromatic N) is 1. The second kappa shape index (κ2) is 10.1. The van der Waals surface area contributed by atoms with Gasteiger partial charge < -0.3 is 5.32 Å². The Morgan fingerprint density at radius 1 is 1.27 bits per heavy atom. The first-order valence-corrected chi connectivity index (χ1v) is 12.0. The minimum absolute atomic E-state index is 0. The molecule has 0 bridgehead atoms. The van der Waals surface area contributed by atoms with Crippen LogP contribution in [0.25, 0.3) is 6.08 Å². The molecule has 0 radical (unpaired) electrons. The fourth-order valence-corrected chi connectivity index (χ4v) is 6.06. The van der Waals surface area contributed by atoms with Crippen molar-refractivity contribution in [2.24, 2.45) is 5.92 Å². The second-order valence-electron chi connectivity index (χ2n) is 10.1. The van der Waals surface area contributed by atoms with Crippen LogP contribution in [0.15, 0.2) is 12.3 Å². The van der Waals surface area contributed by atoms with Crippen LogP contribution in [0.5, 0.6) is 0 Å². The summed E-state index contributed by atoms with van der Waals surface area (Å²) in [6, 6.07) is 0.291. The molecule has 4 rings (SSSR count). The zero-order valence-electron chi connectivity index (χ0n) is 18.4. The van der Waals surface area contributed by atoms with Gasteiger partial charge in [-0.2, -0.15) is 0 Å². The highest BCUT2D eigenvalue weighted by Crippen LogP contribution is 2.42. The molecule has 2 unspecified atom stereocenters. The Bertz CT molecular complexity index is 777. The van der Waals surface area contributed by atoms with Gasteiger partial charge in [-0.05, 0) is 74.5 Å². The Hall–Kier alpha value is -1.64. The van der Waals surface area contributed by atoms with Crippen molar-refractivity contribution in [2.75, 3.05) is 0 Å². The molecule has 0 spiro atoms. The number of allylic oxidation sites excluding steroid dienone is 1. The molecule has 2 saturated carbocycles. The number of hydrogen-bond donors (Lipinski definition) is 1. The molecule has 1 aromatic heterocycles. The lowest BCUT2D eigenvalue weighted by Crippen LogP contribution is -2.43. The van der Waals surface area contributed by atoms with Crippen LogP contribution in [-0.2, 0) is 16.6 Å². The molecule has 1 N–H and O–H groups in total. The van der Waals surface area contributed by atoms with Crippen molar-refractivity contribution in [3.8, 4) is 0 Å². The normalized spacial score (nSPS) is 26.1. The lowest BCUT2D eigenvalue weighted by molar-refractivity contribution is -0.122. The smallest absolute Gasteiger partial charge is 0.220 e. The number of pyridine rings is 1. The molecule has 3 nitrogen and oxygen atoms in total. The Labute approximate surface area is 188 Å². The van der Waals surface area contributed by atoms with E-state index >= 15 is 0 Å². The Morgan fingerprint density at radius 2 is 2.07 bits per heavy atom. The summed E-state index contributed by atoms with van der Waals surface area (Å²) >= 11 is 0. The summed E-state index contributed by atoms with van der Waals surface area (Å²) in [5, 5.41) is 3.38. The number of aryl methyl sites for hydroxylation is 1. The number of nitrogens with one attached hydrogen (secondary N) is 1. The van der Waals surface area contributed by atoms with Crippen molar-refractivity contribution in [2.45, 2.75) is 116 Å². The lowest BCUT2D eigenvalue weighted by Gasteiger charge is -2.39. The molecule has 0 aromatic carbocycles. The maximum Gasteiger partial charge on any atom is 0.220 e. The van der Waals surface area contributed by atoms with E-state index in [1.807, 2.05) is 0 Å². The van der Waals surface area contributed by atoms with Crippen molar-refractivity contribution >= 4 is 12.0 Å². The molecular weight excluding hydrogens is 368 g/mol. The van der Waals surface area contributed by atoms with Gasteiger partial charge in [0.1, 0.15) is 0 Å². The number of carbonyl (C=O) groups excluding carboxylic acids is 1. The predicted octanol–water partition coefficient (Wildman–Crippen LogP) is 7.40. The fraction of sp³-hybridized carbons (Fsp3) is 0.704. The molecule has 3 aliphatic carbocycles. The van der Waals surface area contributed by atoms with Crippen LogP contribution in [-0.4, -0.2) is 16.9 Å². The van der Waals surface area contributed by atoms with Crippen molar-refractivity contribution in [1.29, 1.82) is 0 Å². The van der Waals surface area contributed by atoms with Gasteiger partial charge in [0.15, 0.2) is 0 Å². The highest BCUT2D eigenvalue weighted by atomic mass is 16.1. The van der Waals surface area contributed by atoms with Crippen molar-refractivity contribution in [1.82, 2.24) is 10.3 Å². The van der Waals surface area contributed by atoms with Crippen LogP contribution < -0.4 is 5.32 Å². The third-order valence-electron chi connectivity index (χ3n) is 7.69. The number of fused-ring (bicyclic) bond motifs is 1. The summed E-state index contributed by atoms with van der Waals surface area (Å²) in [6.45, 7) is 4.55. The number of aromatic nitrogens is 1. The van der Waals surface area contributed by atoms with E-state index in [0.29, 0.717) is 12.5 Å². The molecule has 3 aliphatic rings. The van der Waals surface area contributed by atoms with Crippen molar-refractivity contribution in [3.05, 3.63) is 34.7 Å². The molecule has 2 fully saturated rings. The number of amides is 1. The summed E-state index contributed by atoms with van der Waals surface area (Å²) in [7, 11) is 0. The topological polar surface area (TPSA) is 42.0 Å². The fourth-order valence-electron chi connectivity index (χ4n) is 6.06. The first-order valence-electron chi connectivity index (χ1n) is 12.0. The van der Waals surface area contributed by atoms with E-state index in [1.165, 1.54) is 54.5 Å². The minimum atomic E-state index is 0. The van der Waals surface area contributed by atoms with E-state index < -0.39 is 0 Å². The second-order valence-corrected chi connectivity index (χ2v) is 10.1. The summed E-state index contributed by atoms with van der Waals surface area (Å²) in [5.41, 5.74) is 5.48. The van der Waals surface area contributed by atoms with Gasteiger partial charge >= 0.3 is 0 Å². The SMILES string of the molecule is C.Cc1cnc(C2(C)CCCC(NC(=O)CCCC3CCCC3)C2)c2c1CCC=C2.[HH].[HH].[HH]. The molecule has 2 atom stereocenters. The first kappa shape index (κ1) is 23.0. The van der Waals surface area contributed by atoms with Gasteiger partial charge in [0.2, 0.25) is 5.91 Å². The molecule has 30 heavy (non-hydrogen) atoms. The van der Waals surface area contributed by atoms with Gasteiger partial charge in [-0.15, -0.1) is 0 Å². The number of rotatable bonds is 6. The van der Waals surface area contributed by atoms with Crippen LogP contribution in [0.2, 0.25) is 0 Å². The van der Waals surface area contributed by atoms with Gasteiger partial charge in [-0.25, -0.2) is 0 Å². The van der Waals surface area contributed by atoms with Gasteiger partial charge in [0, 0.05) is 28.4 Å². The zero-order chi connectivity index (χ0) is 20.3. The predicted molar refractivity (Wildman–Crippen MR) is 133 cm³/mol. The zero-order valence-corrected chi connectivity index (χ0v) is 18.4. The standard InChI is InChI=1S/C26H38N2O.CH4.3H2/c1-19-18-27-25(23-14-6-5-13-22(19)23)26(2)16-8-12-21(17-26)28-24(29)15-7-11-20-9-3-4-10-20;;;;/h6,14,18,20-21H,3-5,7-13,15-17H2,1-2H3,(H,28,29);1H4;3*1H. The van der Waals surface area contributed by atoms with Gasteiger partial charge in [-0.3, -0.25) is 9.78 Å².